The van der Waals surface area contributed by atoms with Crippen LogP contribution in [-0.2, 0) is 9.53 Å². The highest BCUT2D eigenvalue weighted by Crippen LogP contribution is 2.35. The van der Waals surface area contributed by atoms with E-state index in [4.69, 9.17) is 4.74 Å². The van der Waals surface area contributed by atoms with E-state index in [9.17, 15) is 9.90 Å². The highest BCUT2D eigenvalue weighted by atomic mass is 16.6. The Morgan fingerprint density at radius 2 is 2.06 bits per heavy atom. The lowest BCUT2D eigenvalue weighted by molar-refractivity contribution is -0.181. The molecule has 100 valence electrons. The molecule has 0 saturated heterocycles. The van der Waals surface area contributed by atoms with Crippen LogP contribution in [0.15, 0.2) is 0 Å². The standard InChI is InChI=1S/C14H26O3/c1-5-13(3,4)12(15)17-11-9-7-8-10-14(11,16)6-2/h11,16H,5-10H2,1-4H3. The summed E-state index contributed by atoms with van der Waals surface area (Å²) < 4.78 is 5.56. The highest BCUT2D eigenvalue weighted by Gasteiger charge is 2.41. The molecule has 1 aliphatic rings. The summed E-state index contributed by atoms with van der Waals surface area (Å²) in [7, 11) is 0. The summed E-state index contributed by atoms with van der Waals surface area (Å²) in [6, 6.07) is 0. The second-order valence-corrected chi connectivity index (χ2v) is 5.83. The molecule has 0 spiro atoms. The molecule has 2 unspecified atom stereocenters. The van der Waals surface area contributed by atoms with Crippen molar-refractivity contribution in [1.29, 1.82) is 0 Å². The van der Waals surface area contributed by atoms with Crippen molar-refractivity contribution in [3.05, 3.63) is 0 Å². The predicted molar refractivity (Wildman–Crippen MR) is 67.7 cm³/mol. The number of ether oxygens (including phenoxy) is 1. The fourth-order valence-electron chi connectivity index (χ4n) is 2.20. The van der Waals surface area contributed by atoms with Crippen LogP contribution in [0.5, 0.6) is 0 Å². The van der Waals surface area contributed by atoms with Crippen LogP contribution in [0.1, 0.15) is 66.2 Å². The number of carbonyl (C=O) groups is 1. The van der Waals surface area contributed by atoms with Crippen LogP contribution in [0.2, 0.25) is 0 Å². The summed E-state index contributed by atoms with van der Waals surface area (Å²) in [6.07, 6.45) is 4.67. The number of hydrogen-bond acceptors (Lipinski definition) is 3. The molecule has 0 radical (unpaired) electrons. The zero-order valence-corrected chi connectivity index (χ0v) is 11.6. The van der Waals surface area contributed by atoms with Gasteiger partial charge in [-0.2, -0.15) is 0 Å². The van der Waals surface area contributed by atoms with Crippen molar-refractivity contribution < 1.29 is 14.6 Å². The van der Waals surface area contributed by atoms with E-state index in [2.05, 4.69) is 0 Å². The predicted octanol–water partition coefficient (Wildman–Crippen LogP) is 3.05. The fourth-order valence-corrected chi connectivity index (χ4v) is 2.20. The average molecular weight is 242 g/mol. The number of aliphatic hydroxyl groups is 1. The minimum atomic E-state index is -0.808. The lowest BCUT2D eigenvalue weighted by Crippen LogP contribution is -2.48. The van der Waals surface area contributed by atoms with Gasteiger partial charge in [0, 0.05) is 0 Å². The lowest BCUT2D eigenvalue weighted by atomic mass is 9.80. The SMILES string of the molecule is CCC(C)(C)C(=O)OC1CCCCC1(O)CC. The number of rotatable bonds is 4. The third kappa shape index (κ3) is 3.21. The first kappa shape index (κ1) is 14.5. The fraction of sp³-hybridized carbons (Fsp3) is 0.929. The molecule has 3 heteroatoms. The van der Waals surface area contributed by atoms with Gasteiger partial charge in [0.25, 0.3) is 0 Å². The van der Waals surface area contributed by atoms with Gasteiger partial charge in [0.05, 0.1) is 5.41 Å². The Balaban J connectivity index is 2.69. The van der Waals surface area contributed by atoms with Gasteiger partial charge in [-0.1, -0.05) is 20.3 Å². The van der Waals surface area contributed by atoms with Gasteiger partial charge in [0.2, 0.25) is 0 Å². The molecule has 2 atom stereocenters. The van der Waals surface area contributed by atoms with Crippen molar-refractivity contribution in [3.8, 4) is 0 Å². The molecule has 0 aromatic rings. The van der Waals surface area contributed by atoms with Gasteiger partial charge in [-0.3, -0.25) is 4.79 Å². The van der Waals surface area contributed by atoms with Crippen molar-refractivity contribution >= 4 is 5.97 Å². The molecular formula is C14H26O3. The molecule has 0 bridgehead atoms. The minimum absolute atomic E-state index is 0.182. The molecule has 1 N–H and O–H groups in total. The number of esters is 1. The molecule has 1 aliphatic carbocycles. The topological polar surface area (TPSA) is 46.5 Å². The Kier molecular flexibility index (Phi) is 4.59. The monoisotopic (exact) mass is 242 g/mol. The van der Waals surface area contributed by atoms with Gasteiger partial charge < -0.3 is 9.84 Å². The third-order valence-corrected chi connectivity index (χ3v) is 4.22. The van der Waals surface area contributed by atoms with E-state index in [1.54, 1.807) is 0 Å². The Morgan fingerprint density at radius 1 is 1.41 bits per heavy atom. The quantitative estimate of drug-likeness (QED) is 0.771. The Morgan fingerprint density at radius 3 is 2.59 bits per heavy atom. The van der Waals surface area contributed by atoms with E-state index in [0.29, 0.717) is 6.42 Å². The van der Waals surface area contributed by atoms with Gasteiger partial charge in [0.15, 0.2) is 0 Å². The van der Waals surface area contributed by atoms with Crippen LogP contribution in [0, 0.1) is 5.41 Å². The van der Waals surface area contributed by atoms with E-state index in [1.807, 2.05) is 27.7 Å². The van der Waals surface area contributed by atoms with Gasteiger partial charge in [0.1, 0.15) is 11.7 Å². The maximum Gasteiger partial charge on any atom is 0.311 e. The zero-order valence-electron chi connectivity index (χ0n) is 11.6. The molecular weight excluding hydrogens is 216 g/mol. The van der Waals surface area contributed by atoms with E-state index >= 15 is 0 Å². The molecule has 1 saturated carbocycles. The first-order valence-corrected chi connectivity index (χ1v) is 6.79. The van der Waals surface area contributed by atoms with Gasteiger partial charge >= 0.3 is 5.97 Å². The Bertz CT molecular complexity index is 273. The normalized spacial score (nSPS) is 30.1. The zero-order chi connectivity index (χ0) is 13.1. The van der Waals surface area contributed by atoms with Crippen LogP contribution in [0.25, 0.3) is 0 Å². The first-order chi connectivity index (χ1) is 7.85. The van der Waals surface area contributed by atoms with Crippen LogP contribution in [0.4, 0.5) is 0 Å². The molecule has 1 rings (SSSR count). The average Bonchev–Trinajstić information content (AvgIpc) is 2.32. The summed E-state index contributed by atoms with van der Waals surface area (Å²) in [5, 5.41) is 10.4. The molecule has 0 amide bonds. The summed E-state index contributed by atoms with van der Waals surface area (Å²) in [6.45, 7) is 7.72. The molecule has 0 aromatic carbocycles. The second-order valence-electron chi connectivity index (χ2n) is 5.83. The van der Waals surface area contributed by atoms with Crippen molar-refractivity contribution in [2.75, 3.05) is 0 Å². The van der Waals surface area contributed by atoms with Crippen molar-refractivity contribution in [1.82, 2.24) is 0 Å². The van der Waals surface area contributed by atoms with Crippen molar-refractivity contribution in [2.45, 2.75) is 77.9 Å². The molecule has 0 aliphatic heterocycles. The van der Waals surface area contributed by atoms with Gasteiger partial charge in [-0.05, 0) is 46.0 Å². The summed E-state index contributed by atoms with van der Waals surface area (Å²) in [4.78, 5) is 12.0. The van der Waals surface area contributed by atoms with Crippen LogP contribution < -0.4 is 0 Å². The first-order valence-electron chi connectivity index (χ1n) is 6.79. The Hall–Kier alpha value is -0.570. The minimum Gasteiger partial charge on any atom is -0.459 e. The maximum atomic E-state index is 12.0. The number of carbonyl (C=O) groups excluding carboxylic acids is 1. The highest BCUT2D eigenvalue weighted by molar-refractivity contribution is 5.76. The molecule has 0 heterocycles. The summed E-state index contributed by atoms with van der Waals surface area (Å²) in [5.74, 6) is -0.182. The molecule has 3 nitrogen and oxygen atoms in total. The van der Waals surface area contributed by atoms with Crippen molar-refractivity contribution in [3.63, 3.8) is 0 Å². The molecule has 1 fully saturated rings. The van der Waals surface area contributed by atoms with Crippen LogP contribution in [0.3, 0.4) is 0 Å². The van der Waals surface area contributed by atoms with Crippen molar-refractivity contribution in [2.24, 2.45) is 5.41 Å². The maximum absolute atomic E-state index is 12.0. The summed E-state index contributed by atoms with van der Waals surface area (Å²) in [5.41, 5.74) is -1.26. The second kappa shape index (κ2) is 5.38. The van der Waals surface area contributed by atoms with Gasteiger partial charge in [-0.15, -0.1) is 0 Å². The number of hydrogen-bond donors (Lipinski definition) is 1. The smallest absolute Gasteiger partial charge is 0.311 e. The molecule has 17 heavy (non-hydrogen) atoms. The largest absolute Gasteiger partial charge is 0.459 e. The lowest BCUT2D eigenvalue weighted by Gasteiger charge is -2.39. The van der Waals surface area contributed by atoms with E-state index in [1.165, 1.54) is 0 Å². The van der Waals surface area contributed by atoms with E-state index < -0.39 is 11.0 Å². The summed E-state index contributed by atoms with van der Waals surface area (Å²) >= 11 is 0. The van der Waals surface area contributed by atoms with E-state index in [-0.39, 0.29) is 12.1 Å². The molecule has 0 aromatic heterocycles. The van der Waals surface area contributed by atoms with E-state index in [0.717, 1.165) is 32.1 Å². The third-order valence-electron chi connectivity index (χ3n) is 4.22. The Labute approximate surface area is 105 Å². The van der Waals surface area contributed by atoms with Crippen LogP contribution in [-0.4, -0.2) is 22.8 Å². The van der Waals surface area contributed by atoms with Gasteiger partial charge in [-0.25, -0.2) is 0 Å². The van der Waals surface area contributed by atoms with Crippen LogP contribution >= 0.6 is 0 Å².